The third-order valence-electron chi connectivity index (χ3n) is 5.73. The van der Waals surface area contributed by atoms with Gasteiger partial charge in [-0.05, 0) is 56.9 Å². The Bertz CT molecular complexity index is 603. The summed E-state index contributed by atoms with van der Waals surface area (Å²) in [6.07, 6.45) is 3.75. The van der Waals surface area contributed by atoms with Crippen molar-refractivity contribution in [1.29, 1.82) is 0 Å². The minimum Gasteiger partial charge on any atom is -0.303 e. The number of hydrogen-bond acceptors (Lipinski definition) is 2. The molecule has 1 atom stereocenters. The zero-order valence-electron chi connectivity index (χ0n) is 15.8. The number of rotatable bonds is 7. The van der Waals surface area contributed by atoms with Crippen molar-refractivity contribution in [2.24, 2.45) is 0 Å². The highest BCUT2D eigenvalue weighted by atomic mass is 15.2. The third-order valence-corrected chi connectivity index (χ3v) is 5.73. The number of hydrogen-bond donors (Lipinski definition) is 0. The van der Waals surface area contributed by atoms with Crippen LogP contribution in [-0.2, 0) is 6.42 Å². The molecule has 0 bridgehead atoms. The first-order valence-corrected chi connectivity index (χ1v) is 9.85. The van der Waals surface area contributed by atoms with Gasteiger partial charge in [-0.15, -0.1) is 0 Å². The highest BCUT2D eigenvalue weighted by Gasteiger charge is 2.27. The van der Waals surface area contributed by atoms with E-state index in [1.165, 1.54) is 50.0 Å². The third kappa shape index (κ3) is 4.93. The van der Waals surface area contributed by atoms with E-state index in [-0.39, 0.29) is 0 Å². The van der Waals surface area contributed by atoms with Crippen LogP contribution in [-0.4, -0.2) is 42.0 Å². The van der Waals surface area contributed by atoms with Gasteiger partial charge in [-0.1, -0.05) is 67.6 Å². The predicted octanol–water partition coefficient (Wildman–Crippen LogP) is 4.78. The highest BCUT2D eigenvalue weighted by Crippen LogP contribution is 2.27. The van der Waals surface area contributed by atoms with Crippen molar-refractivity contribution in [2.45, 2.75) is 45.2 Å². The Labute approximate surface area is 153 Å². The van der Waals surface area contributed by atoms with E-state index in [2.05, 4.69) is 84.3 Å². The van der Waals surface area contributed by atoms with E-state index in [0.29, 0.717) is 12.1 Å². The van der Waals surface area contributed by atoms with E-state index >= 15 is 0 Å². The molecule has 25 heavy (non-hydrogen) atoms. The second kappa shape index (κ2) is 9.17. The molecule has 1 saturated heterocycles. The van der Waals surface area contributed by atoms with Crippen LogP contribution in [0.25, 0.3) is 0 Å². The molecule has 0 spiro atoms. The van der Waals surface area contributed by atoms with Gasteiger partial charge in [-0.3, -0.25) is 4.90 Å². The smallest absolute Gasteiger partial charge is 0.0322 e. The fourth-order valence-electron chi connectivity index (χ4n) is 4.18. The largest absolute Gasteiger partial charge is 0.303 e. The molecule has 1 unspecified atom stereocenters. The van der Waals surface area contributed by atoms with Crippen molar-refractivity contribution in [2.75, 3.05) is 26.2 Å². The number of nitrogens with zero attached hydrogens (tertiary/aromatic N) is 2. The maximum absolute atomic E-state index is 2.70. The lowest BCUT2D eigenvalue weighted by molar-refractivity contribution is 0.0838. The van der Waals surface area contributed by atoms with Gasteiger partial charge >= 0.3 is 0 Å². The normalized spacial score (nSPS) is 17.7. The first-order valence-electron chi connectivity index (χ1n) is 9.85. The zero-order valence-corrected chi connectivity index (χ0v) is 15.8. The summed E-state index contributed by atoms with van der Waals surface area (Å²) in [6.45, 7) is 9.45. The van der Waals surface area contributed by atoms with Crippen LogP contribution in [0.4, 0.5) is 0 Å². The Hall–Kier alpha value is -1.64. The summed E-state index contributed by atoms with van der Waals surface area (Å²) >= 11 is 0. The standard InChI is InChI=1S/C23H32N2/c1-3-25(20(2)22-12-8-5-9-13-22)23-15-18-24(19-16-23)17-14-21-10-6-4-7-11-21/h4-13,20,23H,3,14-19H2,1-2H3. The molecule has 0 saturated carbocycles. The van der Waals surface area contributed by atoms with E-state index < -0.39 is 0 Å². The van der Waals surface area contributed by atoms with Crippen molar-refractivity contribution in [3.63, 3.8) is 0 Å². The number of piperidine rings is 1. The quantitative estimate of drug-likeness (QED) is 0.718. The predicted molar refractivity (Wildman–Crippen MR) is 107 cm³/mol. The molecule has 2 aromatic carbocycles. The van der Waals surface area contributed by atoms with Crippen LogP contribution in [0.1, 0.15) is 43.9 Å². The van der Waals surface area contributed by atoms with Crippen molar-refractivity contribution < 1.29 is 0 Å². The lowest BCUT2D eigenvalue weighted by Crippen LogP contribution is -2.46. The second-order valence-electron chi connectivity index (χ2n) is 7.23. The molecule has 1 aliphatic rings. The molecular formula is C23H32N2. The Morgan fingerprint density at radius 1 is 0.960 bits per heavy atom. The zero-order chi connectivity index (χ0) is 17.5. The van der Waals surface area contributed by atoms with Gasteiger partial charge in [0.1, 0.15) is 0 Å². The van der Waals surface area contributed by atoms with Crippen molar-refractivity contribution in [3.8, 4) is 0 Å². The molecule has 1 aliphatic heterocycles. The van der Waals surface area contributed by atoms with Crippen LogP contribution in [0.3, 0.4) is 0 Å². The van der Waals surface area contributed by atoms with E-state index in [4.69, 9.17) is 0 Å². The highest BCUT2D eigenvalue weighted by molar-refractivity contribution is 5.18. The van der Waals surface area contributed by atoms with Crippen LogP contribution in [0, 0.1) is 0 Å². The molecule has 134 valence electrons. The maximum Gasteiger partial charge on any atom is 0.0322 e. The van der Waals surface area contributed by atoms with Crippen LogP contribution >= 0.6 is 0 Å². The van der Waals surface area contributed by atoms with E-state index in [1.54, 1.807) is 0 Å². The summed E-state index contributed by atoms with van der Waals surface area (Å²) < 4.78 is 0. The molecule has 1 heterocycles. The minimum absolute atomic E-state index is 0.507. The molecule has 1 fully saturated rings. The minimum atomic E-state index is 0.507. The summed E-state index contributed by atoms with van der Waals surface area (Å²) in [5.74, 6) is 0. The van der Waals surface area contributed by atoms with Gasteiger partial charge < -0.3 is 4.90 Å². The molecule has 0 aliphatic carbocycles. The topological polar surface area (TPSA) is 6.48 Å². The first kappa shape index (κ1) is 18.2. The molecule has 0 aromatic heterocycles. The summed E-state index contributed by atoms with van der Waals surface area (Å²) in [5.41, 5.74) is 2.90. The van der Waals surface area contributed by atoms with Gasteiger partial charge in [0.15, 0.2) is 0 Å². The molecule has 0 radical (unpaired) electrons. The van der Waals surface area contributed by atoms with Crippen LogP contribution < -0.4 is 0 Å². The lowest BCUT2D eigenvalue weighted by Gasteiger charge is -2.41. The Kier molecular flexibility index (Phi) is 6.66. The van der Waals surface area contributed by atoms with Crippen LogP contribution in [0.5, 0.6) is 0 Å². The van der Waals surface area contributed by atoms with Gasteiger partial charge in [-0.25, -0.2) is 0 Å². The summed E-state index contributed by atoms with van der Waals surface area (Å²) in [6, 6.07) is 23.1. The lowest BCUT2D eigenvalue weighted by atomic mass is 9.98. The summed E-state index contributed by atoms with van der Waals surface area (Å²) in [5, 5.41) is 0. The maximum atomic E-state index is 2.70. The van der Waals surface area contributed by atoms with Gasteiger partial charge in [0.2, 0.25) is 0 Å². The summed E-state index contributed by atoms with van der Waals surface area (Å²) in [4.78, 5) is 5.34. The number of likely N-dealkylation sites (tertiary alicyclic amines) is 1. The van der Waals surface area contributed by atoms with E-state index in [1.807, 2.05) is 0 Å². The monoisotopic (exact) mass is 336 g/mol. The Morgan fingerprint density at radius 3 is 2.16 bits per heavy atom. The van der Waals surface area contributed by atoms with Gasteiger partial charge in [0.05, 0.1) is 0 Å². The molecule has 2 heteroatoms. The molecule has 3 rings (SSSR count). The van der Waals surface area contributed by atoms with Gasteiger partial charge in [0, 0.05) is 18.6 Å². The fraction of sp³-hybridized carbons (Fsp3) is 0.478. The van der Waals surface area contributed by atoms with Gasteiger partial charge in [0.25, 0.3) is 0 Å². The van der Waals surface area contributed by atoms with Crippen molar-refractivity contribution in [3.05, 3.63) is 71.8 Å². The Balaban J connectivity index is 1.50. The molecule has 2 nitrogen and oxygen atoms in total. The molecule has 0 amide bonds. The van der Waals surface area contributed by atoms with E-state index in [0.717, 1.165) is 6.54 Å². The van der Waals surface area contributed by atoms with Gasteiger partial charge in [-0.2, -0.15) is 0 Å². The first-order chi connectivity index (χ1) is 12.3. The Morgan fingerprint density at radius 2 is 1.56 bits per heavy atom. The number of benzene rings is 2. The fourth-order valence-corrected chi connectivity index (χ4v) is 4.18. The van der Waals surface area contributed by atoms with Crippen LogP contribution in [0.2, 0.25) is 0 Å². The van der Waals surface area contributed by atoms with E-state index in [9.17, 15) is 0 Å². The molecule has 0 N–H and O–H groups in total. The average molecular weight is 337 g/mol. The average Bonchev–Trinajstić information content (AvgIpc) is 2.69. The molecule has 2 aromatic rings. The van der Waals surface area contributed by atoms with Crippen molar-refractivity contribution >= 4 is 0 Å². The summed E-state index contributed by atoms with van der Waals surface area (Å²) in [7, 11) is 0. The van der Waals surface area contributed by atoms with Crippen molar-refractivity contribution in [1.82, 2.24) is 9.80 Å². The molecular weight excluding hydrogens is 304 g/mol. The SMILES string of the molecule is CCN(C1CCN(CCc2ccccc2)CC1)C(C)c1ccccc1. The van der Waals surface area contributed by atoms with Crippen LogP contribution in [0.15, 0.2) is 60.7 Å². The second-order valence-corrected chi connectivity index (χ2v) is 7.23.